The molecule has 0 spiro atoms. The van der Waals surface area contributed by atoms with E-state index >= 15 is 0 Å². The van der Waals surface area contributed by atoms with Gasteiger partial charge in [0.15, 0.2) is 0 Å². The third kappa shape index (κ3) is 2.53. The quantitative estimate of drug-likeness (QED) is 0.860. The van der Waals surface area contributed by atoms with Crippen LogP contribution in [-0.4, -0.2) is 9.97 Å². The molecule has 0 bridgehead atoms. The molecule has 2 aromatic rings. The van der Waals surface area contributed by atoms with Crippen molar-refractivity contribution in [3.63, 3.8) is 0 Å². The molecule has 0 amide bonds. The summed E-state index contributed by atoms with van der Waals surface area (Å²) >= 11 is 0. The van der Waals surface area contributed by atoms with Crippen molar-refractivity contribution in [3.8, 4) is 11.6 Å². The molecule has 0 saturated carbocycles. The second-order valence-corrected chi connectivity index (χ2v) is 4.09. The third-order valence-corrected chi connectivity index (χ3v) is 2.64. The lowest BCUT2D eigenvalue weighted by atomic mass is 10.1. The fourth-order valence-corrected chi connectivity index (χ4v) is 1.63. The van der Waals surface area contributed by atoms with Gasteiger partial charge in [-0.3, -0.25) is 0 Å². The van der Waals surface area contributed by atoms with E-state index in [0.29, 0.717) is 11.7 Å². The van der Waals surface area contributed by atoms with Gasteiger partial charge >= 0.3 is 0 Å². The van der Waals surface area contributed by atoms with Gasteiger partial charge < -0.3 is 10.5 Å². The largest absolute Gasteiger partial charge is 0.439 e. The van der Waals surface area contributed by atoms with Gasteiger partial charge in [-0.1, -0.05) is 6.07 Å². The van der Waals surface area contributed by atoms with E-state index in [2.05, 4.69) is 23.0 Å². The lowest BCUT2D eigenvalue weighted by molar-refractivity contribution is 0.457. The standard InChI is InChI=1S/C13H15N3O/c1-8-4-9(2)10(3)11(5-8)17-13-6-12(14)15-7-16-13/h4-7H,1-3H3,(H2,14,15,16). The normalized spacial score (nSPS) is 10.3. The molecule has 0 fully saturated rings. The second-order valence-electron chi connectivity index (χ2n) is 4.09. The summed E-state index contributed by atoms with van der Waals surface area (Å²) in [5.74, 6) is 1.67. The number of anilines is 1. The third-order valence-electron chi connectivity index (χ3n) is 2.64. The highest BCUT2D eigenvalue weighted by Gasteiger charge is 2.06. The fraction of sp³-hybridized carbons (Fsp3) is 0.231. The summed E-state index contributed by atoms with van der Waals surface area (Å²) in [6, 6.07) is 5.72. The molecule has 4 heteroatoms. The van der Waals surface area contributed by atoms with Crippen LogP contribution in [0.1, 0.15) is 16.7 Å². The summed E-state index contributed by atoms with van der Waals surface area (Å²) in [7, 11) is 0. The van der Waals surface area contributed by atoms with Crippen LogP contribution in [0.25, 0.3) is 0 Å². The number of ether oxygens (including phenoxy) is 1. The summed E-state index contributed by atoms with van der Waals surface area (Å²) in [5, 5.41) is 0. The lowest BCUT2D eigenvalue weighted by Gasteiger charge is -2.11. The van der Waals surface area contributed by atoms with E-state index in [-0.39, 0.29) is 0 Å². The number of hydrogen-bond acceptors (Lipinski definition) is 4. The summed E-state index contributed by atoms with van der Waals surface area (Å²) in [6.07, 6.45) is 1.39. The molecule has 0 aliphatic rings. The Kier molecular flexibility index (Phi) is 2.95. The lowest BCUT2D eigenvalue weighted by Crippen LogP contribution is -1.96. The van der Waals surface area contributed by atoms with Gasteiger partial charge in [0.25, 0.3) is 0 Å². The Hall–Kier alpha value is -2.10. The molecule has 0 aliphatic carbocycles. The van der Waals surface area contributed by atoms with Crippen LogP contribution in [0, 0.1) is 20.8 Å². The zero-order valence-corrected chi connectivity index (χ0v) is 10.2. The van der Waals surface area contributed by atoms with E-state index < -0.39 is 0 Å². The maximum absolute atomic E-state index is 5.72. The Labute approximate surface area is 100 Å². The van der Waals surface area contributed by atoms with E-state index in [4.69, 9.17) is 10.5 Å². The van der Waals surface area contributed by atoms with E-state index in [0.717, 1.165) is 16.9 Å². The first-order valence-electron chi connectivity index (χ1n) is 5.39. The zero-order chi connectivity index (χ0) is 12.4. The van der Waals surface area contributed by atoms with Crippen LogP contribution in [0.2, 0.25) is 0 Å². The van der Waals surface area contributed by atoms with Crippen LogP contribution in [0.5, 0.6) is 11.6 Å². The van der Waals surface area contributed by atoms with Crippen molar-refractivity contribution in [1.82, 2.24) is 9.97 Å². The van der Waals surface area contributed by atoms with E-state index in [1.54, 1.807) is 6.07 Å². The maximum atomic E-state index is 5.72. The average Bonchev–Trinajstić information content (AvgIpc) is 2.25. The second kappa shape index (κ2) is 4.41. The van der Waals surface area contributed by atoms with Crippen molar-refractivity contribution >= 4 is 5.82 Å². The van der Waals surface area contributed by atoms with Gasteiger partial charge in [0, 0.05) is 6.07 Å². The fourth-order valence-electron chi connectivity index (χ4n) is 1.63. The van der Waals surface area contributed by atoms with Gasteiger partial charge in [-0.2, -0.15) is 0 Å². The number of nitrogens with two attached hydrogens (primary N) is 1. The number of nitrogen functional groups attached to an aromatic ring is 1. The molecule has 1 heterocycles. The van der Waals surface area contributed by atoms with Crippen LogP contribution in [0.3, 0.4) is 0 Å². The highest BCUT2D eigenvalue weighted by Crippen LogP contribution is 2.27. The molecule has 17 heavy (non-hydrogen) atoms. The molecule has 1 aromatic heterocycles. The molecular formula is C13H15N3O. The average molecular weight is 229 g/mol. The van der Waals surface area contributed by atoms with Gasteiger partial charge in [-0.15, -0.1) is 0 Å². The van der Waals surface area contributed by atoms with Crippen molar-refractivity contribution in [1.29, 1.82) is 0 Å². The van der Waals surface area contributed by atoms with E-state index in [1.165, 1.54) is 11.9 Å². The highest BCUT2D eigenvalue weighted by molar-refractivity contribution is 5.44. The van der Waals surface area contributed by atoms with Crippen LogP contribution in [0.4, 0.5) is 5.82 Å². The van der Waals surface area contributed by atoms with Crippen LogP contribution in [0.15, 0.2) is 24.5 Å². The number of aryl methyl sites for hydroxylation is 2. The van der Waals surface area contributed by atoms with Crippen molar-refractivity contribution in [2.45, 2.75) is 20.8 Å². The molecule has 4 nitrogen and oxygen atoms in total. The molecule has 88 valence electrons. The summed E-state index contributed by atoms with van der Waals surface area (Å²) < 4.78 is 5.72. The van der Waals surface area contributed by atoms with E-state index in [1.807, 2.05) is 19.9 Å². The van der Waals surface area contributed by atoms with Gasteiger partial charge in [0.2, 0.25) is 5.88 Å². The van der Waals surface area contributed by atoms with Crippen molar-refractivity contribution in [2.24, 2.45) is 0 Å². The summed E-state index contributed by atoms with van der Waals surface area (Å²) in [6.45, 7) is 6.12. The Morgan fingerprint density at radius 1 is 1.06 bits per heavy atom. The van der Waals surface area contributed by atoms with Crippen molar-refractivity contribution < 1.29 is 4.74 Å². The first-order valence-corrected chi connectivity index (χ1v) is 5.39. The molecule has 0 unspecified atom stereocenters. The SMILES string of the molecule is Cc1cc(C)c(C)c(Oc2cc(N)ncn2)c1. The molecule has 0 radical (unpaired) electrons. The topological polar surface area (TPSA) is 61.0 Å². The molecular weight excluding hydrogens is 214 g/mol. The number of hydrogen-bond donors (Lipinski definition) is 1. The summed E-state index contributed by atoms with van der Waals surface area (Å²) in [5.41, 5.74) is 9.04. The highest BCUT2D eigenvalue weighted by atomic mass is 16.5. The summed E-state index contributed by atoms with van der Waals surface area (Å²) in [4.78, 5) is 7.85. The first-order chi connectivity index (χ1) is 8.06. The Balaban J connectivity index is 2.36. The van der Waals surface area contributed by atoms with E-state index in [9.17, 15) is 0 Å². The van der Waals surface area contributed by atoms with Gasteiger partial charge in [-0.05, 0) is 43.5 Å². The van der Waals surface area contributed by atoms with Crippen LogP contribution in [-0.2, 0) is 0 Å². The number of rotatable bonds is 2. The zero-order valence-electron chi connectivity index (χ0n) is 10.2. The predicted molar refractivity (Wildman–Crippen MR) is 67.2 cm³/mol. The Morgan fingerprint density at radius 2 is 1.82 bits per heavy atom. The molecule has 2 N–H and O–H groups in total. The predicted octanol–water partition coefficient (Wildman–Crippen LogP) is 2.78. The first kappa shape index (κ1) is 11.4. The minimum absolute atomic E-state index is 0.400. The monoisotopic (exact) mass is 229 g/mol. The van der Waals surface area contributed by atoms with Gasteiger partial charge in [0.05, 0.1) is 0 Å². The molecule has 2 rings (SSSR count). The van der Waals surface area contributed by atoms with Crippen molar-refractivity contribution in [2.75, 3.05) is 5.73 Å². The molecule has 0 aliphatic heterocycles. The Morgan fingerprint density at radius 3 is 2.53 bits per heavy atom. The van der Waals surface area contributed by atoms with Gasteiger partial charge in [0.1, 0.15) is 17.9 Å². The number of aromatic nitrogens is 2. The van der Waals surface area contributed by atoms with Crippen LogP contribution >= 0.6 is 0 Å². The van der Waals surface area contributed by atoms with Crippen LogP contribution < -0.4 is 10.5 Å². The van der Waals surface area contributed by atoms with Crippen molar-refractivity contribution in [3.05, 3.63) is 41.2 Å². The van der Waals surface area contributed by atoms with Gasteiger partial charge in [-0.25, -0.2) is 9.97 Å². The molecule has 0 atom stereocenters. The molecule has 0 saturated heterocycles. The number of benzene rings is 1. The Bertz CT molecular complexity index is 552. The minimum atomic E-state index is 0.400. The maximum Gasteiger partial charge on any atom is 0.224 e. The number of nitrogens with zero attached hydrogens (tertiary/aromatic N) is 2. The smallest absolute Gasteiger partial charge is 0.224 e. The molecule has 1 aromatic carbocycles. The minimum Gasteiger partial charge on any atom is -0.439 e.